The minimum absolute atomic E-state index is 0.0287. The highest BCUT2D eigenvalue weighted by Gasteiger charge is 2.33. The number of hydrogen-bond donors (Lipinski definition) is 2. The van der Waals surface area contributed by atoms with Gasteiger partial charge in [-0.1, -0.05) is 25.7 Å². The van der Waals surface area contributed by atoms with Crippen molar-refractivity contribution in [3.63, 3.8) is 0 Å². The van der Waals surface area contributed by atoms with Gasteiger partial charge >= 0.3 is 0 Å². The van der Waals surface area contributed by atoms with Crippen molar-refractivity contribution in [2.24, 2.45) is 11.7 Å². The van der Waals surface area contributed by atoms with Gasteiger partial charge in [0.25, 0.3) is 10.2 Å². The molecular weight excluding hydrogens is 262 g/mol. The molecule has 3 N–H and O–H groups in total. The maximum Gasteiger partial charge on any atom is 0.279 e. The van der Waals surface area contributed by atoms with E-state index in [9.17, 15) is 8.42 Å². The topological polar surface area (TPSA) is 75.4 Å². The molecule has 2 unspecified atom stereocenters. The van der Waals surface area contributed by atoms with Gasteiger partial charge in [-0.15, -0.1) is 0 Å². The molecule has 0 heterocycles. The first-order valence-corrected chi connectivity index (χ1v) is 8.94. The molecule has 0 spiro atoms. The van der Waals surface area contributed by atoms with Crippen LogP contribution in [0.3, 0.4) is 0 Å². The number of hydrogen-bond acceptors (Lipinski definition) is 3. The predicted molar refractivity (Wildman–Crippen MR) is 76.9 cm³/mol. The molecule has 2 rings (SSSR count). The van der Waals surface area contributed by atoms with Crippen molar-refractivity contribution in [3.8, 4) is 0 Å². The quantitative estimate of drug-likeness (QED) is 0.799. The number of nitrogens with zero attached hydrogens (tertiary/aromatic N) is 1. The van der Waals surface area contributed by atoms with Crippen LogP contribution in [0.25, 0.3) is 0 Å². The van der Waals surface area contributed by atoms with Gasteiger partial charge in [0.1, 0.15) is 0 Å². The van der Waals surface area contributed by atoms with Gasteiger partial charge < -0.3 is 5.73 Å². The second-order valence-corrected chi connectivity index (χ2v) is 7.73. The maximum absolute atomic E-state index is 12.4. The van der Waals surface area contributed by atoms with Crippen LogP contribution in [0.15, 0.2) is 0 Å². The molecule has 0 amide bonds. The fourth-order valence-electron chi connectivity index (χ4n) is 3.39. The average Bonchev–Trinajstić information content (AvgIpc) is 2.85. The van der Waals surface area contributed by atoms with Crippen molar-refractivity contribution in [1.29, 1.82) is 0 Å². The van der Waals surface area contributed by atoms with Crippen LogP contribution in [-0.4, -0.2) is 38.4 Å². The Labute approximate surface area is 117 Å². The second kappa shape index (κ2) is 6.52. The smallest absolute Gasteiger partial charge is 0.279 e. The third-order valence-corrected chi connectivity index (χ3v) is 6.39. The molecule has 2 aliphatic rings. The average molecular weight is 289 g/mol. The van der Waals surface area contributed by atoms with Crippen LogP contribution in [0.5, 0.6) is 0 Å². The number of nitrogens with one attached hydrogen (secondary N) is 1. The minimum Gasteiger partial charge on any atom is -0.330 e. The molecular formula is C13H27N3O2S. The van der Waals surface area contributed by atoms with E-state index < -0.39 is 10.2 Å². The van der Waals surface area contributed by atoms with Gasteiger partial charge in [-0.05, 0) is 38.1 Å². The molecule has 0 bridgehead atoms. The zero-order valence-corrected chi connectivity index (χ0v) is 12.7. The van der Waals surface area contributed by atoms with Crippen molar-refractivity contribution < 1.29 is 8.42 Å². The summed E-state index contributed by atoms with van der Waals surface area (Å²) < 4.78 is 29.3. The lowest BCUT2D eigenvalue weighted by Gasteiger charge is -2.32. The van der Waals surface area contributed by atoms with Gasteiger partial charge in [-0.25, -0.2) is 0 Å². The molecule has 0 aliphatic heterocycles. The Morgan fingerprint density at radius 3 is 2.42 bits per heavy atom. The zero-order valence-electron chi connectivity index (χ0n) is 11.8. The van der Waals surface area contributed by atoms with Gasteiger partial charge in [0.15, 0.2) is 0 Å². The SMILES string of the molecule is CN(C1CCCCC1)S(=O)(=O)NC1CCCC1CN. The van der Waals surface area contributed by atoms with E-state index in [0.29, 0.717) is 12.5 Å². The Kier molecular flexibility index (Phi) is 5.22. The van der Waals surface area contributed by atoms with Crippen LogP contribution in [0.4, 0.5) is 0 Å². The molecule has 0 aromatic heterocycles. The molecule has 6 heteroatoms. The van der Waals surface area contributed by atoms with E-state index in [-0.39, 0.29) is 12.1 Å². The summed E-state index contributed by atoms with van der Waals surface area (Å²) in [6.45, 7) is 0.570. The second-order valence-electron chi connectivity index (χ2n) is 5.96. The van der Waals surface area contributed by atoms with E-state index in [2.05, 4.69) is 4.72 Å². The van der Waals surface area contributed by atoms with Crippen molar-refractivity contribution in [3.05, 3.63) is 0 Å². The van der Waals surface area contributed by atoms with Gasteiger partial charge in [-0.2, -0.15) is 17.4 Å². The maximum atomic E-state index is 12.4. The standard InChI is InChI=1S/C13H27N3O2S/c1-16(12-7-3-2-4-8-12)19(17,18)15-13-9-5-6-11(13)10-14/h11-13,15H,2-10,14H2,1H3. The monoisotopic (exact) mass is 289 g/mol. The van der Waals surface area contributed by atoms with E-state index >= 15 is 0 Å². The summed E-state index contributed by atoms with van der Waals surface area (Å²) in [5.74, 6) is 0.300. The zero-order chi connectivity index (χ0) is 13.9. The lowest BCUT2D eigenvalue weighted by molar-refractivity contribution is 0.279. The summed E-state index contributed by atoms with van der Waals surface area (Å²) in [4.78, 5) is 0. The fourth-order valence-corrected chi connectivity index (χ4v) is 4.85. The summed E-state index contributed by atoms with van der Waals surface area (Å²) in [5.41, 5.74) is 5.71. The highest BCUT2D eigenvalue weighted by atomic mass is 32.2. The normalized spacial score (nSPS) is 30.1. The first-order chi connectivity index (χ1) is 9.04. The van der Waals surface area contributed by atoms with Crippen molar-refractivity contribution in [2.75, 3.05) is 13.6 Å². The first kappa shape index (κ1) is 15.2. The number of nitrogens with two attached hydrogens (primary N) is 1. The molecule has 112 valence electrons. The lowest BCUT2D eigenvalue weighted by Crippen LogP contribution is -2.49. The Bertz CT molecular complexity index is 379. The molecule has 0 radical (unpaired) electrons. The van der Waals surface area contributed by atoms with Crippen LogP contribution in [0, 0.1) is 5.92 Å². The summed E-state index contributed by atoms with van der Waals surface area (Å²) in [6.07, 6.45) is 8.51. The third-order valence-electron chi connectivity index (χ3n) is 4.73. The van der Waals surface area contributed by atoms with Crippen molar-refractivity contribution in [2.45, 2.75) is 63.5 Å². The fraction of sp³-hybridized carbons (Fsp3) is 1.00. The van der Waals surface area contributed by atoms with Gasteiger partial charge in [-0.3, -0.25) is 0 Å². The van der Waals surface area contributed by atoms with E-state index in [0.717, 1.165) is 44.9 Å². The van der Waals surface area contributed by atoms with Gasteiger partial charge in [0.2, 0.25) is 0 Å². The Morgan fingerprint density at radius 1 is 1.11 bits per heavy atom. The summed E-state index contributed by atoms with van der Waals surface area (Å²) in [7, 11) is -1.65. The van der Waals surface area contributed by atoms with Crippen molar-refractivity contribution >= 4 is 10.2 Å². The molecule has 2 atom stereocenters. The molecule has 2 fully saturated rings. The summed E-state index contributed by atoms with van der Waals surface area (Å²) >= 11 is 0. The molecule has 0 saturated heterocycles. The van der Waals surface area contributed by atoms with E-state index in [4.69, 9.17) is 5.73 Å². The predicted octanol–water partition coefficient (Wildman–Crippen LogP) is 1.21. The first-order valence-electron chi connectivity index (χ1n) is 7.50. The lowest BCUT2D eigenvalue weighted by atomic mass is 9.96. The van der Waals surface area contributed by atoms with E-state index in [1.807, 2.05) is 0 Å². The highest BCUT2D eigenvalue weighted by Crippen LogP contribution is 2.27. The Balaban J connectivity index is 1.96. The molecule has 19 heavy (non-hydrogen) atoms. The van der Waals surface area contributed by atoms with Crippen molar-refractivity contribution in [1.82, 2.24) is 9.03 Å². The van der Waals surface area contributed by atoms with Crippen LogP contribution < -0.4 is 10.5 Å². The molecule has 0 aromatic rings. The minimum atomic E-state index is -3.36. The van der Waals surface area contributed by atoms with E-state index in [1.54, 1.807) is 11.4 Å². The molecule has 5 nitrogen and oxygen atoms in total. The van der Waals surface area contributed by atoms with Crippen LogP contribution in [-0.2, 0) is 10.2 Å². The third kappa shape index (κ3) is 3.68. The van der Waals surface area contributed by atoms with Gasteiger partial charge in [0, 0.05) is 19.1 Å². The van der Waals surface area contributed by atoms with Gasteiger partial charge in [0.05, 0.1) is 0 Å². The Morgan fingerprint density at radius 2 is 1.79 bits per heavy atom. The summed E-state index contributed by atoms with van der Waals surface area (Å²) in [6, 6.07) is 0.199. The van der Waals surface area contributed by atoms with Crippen LogP contribution >= 0.6 is 0 Å². The molecule has 0 aromatic carbocycles. The van der Waals surface area contributed by atoms with E-state index in [1.165, 1.54) is 6.42 Å². The Hall–Kier alpha value is -0.170. The number of rotatable bonds is 5. The van der Waals surface area contributed by atoms with Crippen LogP contribution in [0.2, 0.25) is 0 Å². The van der Waals surface area contributed by atoms with Crippen LogP contribution in [0.1, 0.15) is 51.4 Å². The summed E-state index contributed by atoms with van der Waals surface area (Å²) in [5, 5.41) is 0. The highest BCUT2D eigenvalue weighted by molar-refractivity contribution is 7.87. The molecule has 2 aliphatic carbocycles. The largest absolute Gasteiger partial charge is 0.330 e. The molecule has 2 saturated carbocycles.